The van der Waals surface area contributed by atoms with Crippen LogP contribution in [0.1, 0.15) is 0 Å². The van der Waals surface area contributed by atoms with Crippen molar-refractivity contribution in [1.82, 2.24) is 0 Å². The summed E-state index contributed by atoms with van der Waals surface area (Å²) in [5, 5.41) is 0. The molecule has 0 spiro atoms. The Morgan fingerprint density at radius 3 is 0.667 bits per heavy atom. The molecule has 0 bridgehead atoms. The molecule has 0 aliphatic carbocycles. The second kappa shape index (κ2) is 4920. The van der Waals surface area contributed by atoms with E-state index in [1.807, 2.05) is 0 Å². The van der Waals surface area contributed by atoms with Crippen LogP contribution in [0.25, 0.3) is 0 Å². The first-order chi connectivity index (χ1) is 1.00. The Morgan fingerprint density at radius 1 is 0.667 bits per heavy atom. The van der Waals surface area contributed by atoms with Crippen LogP contribution in [0, 0.1) is 0 Å². The number of hydrogen-bond acceptors (Lipinski definition) is 1. The van der Waals surface area contributed by atoms with Crippen molar-refractivity contribution in [2.45, 2.75) is 0 Å². The van der Waals surface area contributed by atoms with Crippen molar-refractivity contribution in [1.29, 1.82) is 0 Å². The van der Waals surface area contributed by atoms with Gasteiger partial charge in [0.1, 0.15) is 0 Å². The summed E-state index contributed by atoms with van der Waals surface area (Å²) in [7, 11) is 0. The maximum atomic E-state index is 7.88. The molecule has 0 rings (SSSR count). The molecule has 48 valence electrons. The minimum absolute atomic E-state index is 0. The summed E-state index contributed by atoms with van der Waals surface area (Å²) in [6.07, 6.45) is 0. The molecule has 0 aromatic rings. The zero-order valence-electron chi connectivity index (χ0n) is 2.72. The van der Waals surface area contributed by atoms with Crippen LogP contribution in [0.4, 0.5) is 0 Å². The van der Waals surface area contributed by atoms with Gasteiger partial charge in [-0.15, -0.1) is 0 Å². The van der Waals surface area contributed by atoms with E-state index < -0.39 is 0 Å². The molecule has 0 saturated heterocycles. The number of hydrogen-bond donors (Lipinski definition) is 0. The summed E-state index contributed by atoms with van der Waals surface area (Å²) in [6, 6.07) is 0. The second-order valence-electron chi connectivity index (χ2n) is 0. The molecule has 0 aliphatic heterocycles. The Bertz CT molecular complexity index is 3.90. The van der Waals surface area contributed by atoms with E-state index >= 15 is 0 Å². The first-order valence-corrected chi connectivity index (χ1v) is 0.532. The zero-order chi connectivity index (χ0) is 2.00. The van der Waals surface area contributed by atoms with Crippen molar-refractivity contribution in [3.63, 3.8) is 0 Å². The topological polar surface area (TPSA) is 143 Å². The van der Waals surface area contributed by atoms with Gasteiger partial charge in [0.05, 0.1) is 0 Å². The van der Waals surface area contributed by atoms with Crippen LogP contribution >= 0.6 is 0 Å². The summed E-state index contributed by atoms with van der Waals surface area (Å²) in [5.41, 5.74) is 0. The first kappa shape index (κ1) is 126. The molecule has 0 fully saturated rings. The third-order valence-electron chi connectivity index (χ3n) is 0. The predicted octanol–water partition coefficient (Wildman–Crippen LogP) is -3.42. The number of rotatable bonds is 0. The van der Waals surface area contributed by atoms with Gasteiger partial charge in [-0.05, 0) is 0 Å². The SMILES string of the molecule is O.O.O.O.[O]=[Ni]. The minimum atomic E-state index is 0. The Labute approximate surface area is 42.1 Å². The maximum absolute atomic E-state index is 7.88. The third-order valence-corrected chi connectivity index (χ3v) is 0. The van der Waals surface area contributed by atoms with Gasteiger partial charge in [-0.3, -0.25) is 0 Å². The fourth-order valence-electron chi connectivity index (χ4n) is 0. The molecule has 0 aliphatic rings. The van der Waals surface area contributed by atoms with Crippen LogP contribution in [0.3, 0.4) is 0 Å². The van der Waals surface area contributed by atoms with E-state index in [1.165, 1.54) is 0 Å². The summed E-state index contributed by atoms with van der Waals surface area (Å²) in [6.45, 7) is 0. The standard InChI is InChI=1S/Ni.4H2O.O/h;4*1H2;. The van der Waals surface area contributed by atoms with Gasteiger partial charge in [0, 0.05) is 0 Å². The Hall–Kier alpha value is 0.134. The molecule has 5 nitrogen and oxygen atoms in total. The average molecular weight is 147 g/mol. The summed E-state index contributed by atoms with van der Waals surface area (Å²) in [4.78, 5) is 0. The van der Waals surface area contributed by atoms with Gasteiger partial charge in [0.2, 0.25) is 0 Å². The third kappa shape index (κ3) is 2280. The Kier molecular flexibility index (Phi) is 103000. The zero-order valence-corrected chi connectivity index (χ0v) is 3.71. The summed E-state index contributed by atoms with van der Waals surface area (Å²) >= 11 is 2.62. The van der Waals surface area contributed by atoms with Crippen LogP contribution in [-0.4, -0.2) is 21.9 Å². The van der Waals surface area contributed by atoms with E-state index in [0.717, 1.165) is 0 Å². The molecular formula is H8NiO5. The fraction of sp³-hybridized carbons (Fsp3) is 0. The molecule has 6 heavy (non-hydrogen) atoms. The monoisotopic (exact) mass is 146 g/mol. The average Bonchev–Trinajstić information content (AvgIpc) is 1.00. The molecule has 0 aromatic carbocycles. The van der Waals surface area contributed by atoms with Crippen molar-refractivity contribution in [2.24, 2.45) is 0 Å². The van der Waals surface area contributed by atoms with Crippen molar-refractivity contribution < 1.29 is 41.2 Å². The molecular weight excluding hydrogens is 139 g/mol. The Balaban J connectivity index is -0.000000000833. The van der Waals surface area contributed by atoms with E-state index in [0.29, 0.717) is 0 Å². The van der Waals surface area contributed by atoms with Gasteiger partial charge in [-0.1, -0.05) is 0 Å². The van der Waals surface area contributed by atoms with Gasteiger partial charge in [-0.25, -0.2) is 0 Å². The molecule has 8 N–H and O–H groups in total. The first-order valence-electron chi connectivity index (χ1n) is 0.129. The molecule has 0 atom stereocenters. The summed E-state index contributed by atoms with van der Waals surface area (Å²) in [5.74, 6) is 0. The second-order valence-corrected chi connectivity index (χ2v) is 0. The van der Waals surface area contributed by atoms with E-state index in [4.69, 9.17) is 3.90 Å². The molecule has 0 radical (unpaired) electrons. The van der Waals surface area contributed by atoms with Crippen LogP contribution in [0.2, 0.25) is 0 Å². The van der Waals surface area contributed by atoms with Crippen molar-refractivity contribution in [3.8, 4) is 0 Å². The van der Waals surface area contributed by atoms with Gasteiger partial charge >= 0.3 is 19.3 Å². The van der Waals surface area contributed by atoms with Crippen LogP contribution < -0.4 is 0 Å². The van der Waals surface area contributed by atoms with Gasteiger partial charge in [-0.2, -0.15) is 0 Å². The van der Waals surface area contributed by atoms with Crippen molar-refractivity contribution in [2.75, 3.05) is 0 Å². The van der Waals surface area contributed by atoms with Gasteiger partial charge in [0.15, 0.2) is 0 Å². The fourth-order valence-corrected chi connectivity index (χ4v) is 0. The van der Waals surface area contributed by atoms with Crippen LogP contribution in [0.15, 0.2) is 0 Å². The van der Waals surface area contributed by atoms with Crippen molar-refractivity contribution in [3.05, 3.63) is 0 Å². The Morgan fingerprint density at radius 2 is 0.667 bits per heavy atom. The van der Waals surface area contributed by atoms with E-state index in [-0.39, 0.29) is 21.9 Å². The van der Waals surface area contributed by atoms with Crippen molar-refractivity contribution >= 4 is 0 Å². The van der Waals surface area contributed by atoms with Crippen LogP contribution in [0.5, 0.6) is 0 Å². The van der Waals surface area contributed by atoms with E-state index in [9.17, 15) is 0 Å². The molecule has 0 unspecified atom stereocenters. The van der Waals surface area contributed by atoms with Gasteiger partial charge < -0.3 is 21.9 Å². The van der Waals surface area contributed by atoms with E-state index in [2.05, 4.69) is 15.4 Å². The summed E-state index contributed by atoms with van der Waals surface area (Å²) < 4.78 is 7.88. The quantitative estimate of drug-likeness (QED) is 0.322. The molecule has 0 heterocycles. The molecule has 0 amide bonds. The van der Waals surface area contributed by atoms with E-state index in [1.54, 1.807) is 0 Å². The normalized spacial score (nSPS) is 1.00. The van der Waals surface area contributed by atoms with Crippen LogP contribution in [-0.2, 0) is 19.3 Å². The predicted molar refractivity (Wildman–Crippen MR) is 15.1 cm³/mol. The molecule has 6 heteroatoms. The van der Waals surface area contributed by atoms with Gasteiger partial charge in [0.25, 0.3) is 0 Å². The molecule has 0 aromatic heterocycles. The molecule has 0 saturated carbocycles.